The van der Waals surface area contributed by atoms with Crippen LogP contribution >= 0.6 is 11.3 Å². The highest BCUT2D eigenvalue weighted by Gasteiger charge is 1.90. The van der Waals surface area contributed by atoms with E-state index in [0.717, 1.165) is 5.01 Å². The molecule has 0 unspecified atom stereocenters. The van der Waals surface area contributed by atoms with Gasteiger partial charge in [0, 0.05) is 5.38 Å². The van der Waals surface area contributed by atoms with Gasteiger partial charge in [0.15, 0.2) is 0 Å². The molecule has 0 bridgehead atoms. The fraction of sp³-hybridized carbons (Fsp3) is 0.167. The predicted molar refractivity (Wildman–Crippen MR) is 37.0 cm³/mol. The third kappa shape index (κ3) is 1.61. The average molecular weight is 143 g/mol. The minimum absolute atomic E-state index is 0.495. The number of hydrogen-bond acceptors (Lipinski definition) is 2. The maximum absolute atomic E-state index is 11.5. The number of aryl methyl sites for hydroxylation is 1. The summed E-state index contributed by atoms with van der Waals surface area (Å²) < 4.78 is 11.5. The molecule has 0 N–H and O–H groups in total. The predicted octanol–water partition coefficient (Wildman–Crippen LogP) is 2.39. The van der Waals surface area contributed by atoms with Crippen LogP contribution in [0.1, 0.15) is 10.7 Å². The van der Waals surface area contributed by atoms with Crippen molar-refractivity contribution in [3.63, 3.8) is 0 Å². The Morgan fingerprint density at radius 3 is 3.00 bits per heavy atom. The fourth-order valence-corrected chi connectivity index (χ4v) is 1.10. The Hall–Kier alpha value is -0.700. The SMILES string of the molecule is Cc1nc(C=CF)cs1. The lowest BCUT2D eigenvalue weighted by Crippen LogP contribution is -1.68. The first-order valence-corrected chi connectivity index (χ1v) is 3.40. The molecule has 0 atom stereocenters. The third-order valence-corrected chi connectivity index (χ3v) is 1.66. The number of hydrogen-bond donors (Lipinski definition) is 0. The summed E-state index contributed by atoms with van der Waals surface area (Å²) in [7, 11) is 0. The largest absolute Gasteiger partial charge is 0.242 e. The van der Waals surface area contributed by atoms with Crippen molar-refractivity contribution < 1.29 is 4.39 Å². The van der Waals surface area contributed by atoms with Crippen molar-refractivity contribution in [2.45, 2.75) is 6.92 Å². The topological polar surface area (TPSA) is 12.9 Å². The lowest BCUT2D eigenvalue weighted by Gasteiger charge is -1.75. The Bertz CT molecular complexity index is 217. The Morgan fingerprint density at radius 2 is 2.56 bits per heavy atom. The third-order valence-electron chi connectivity index (χ3n) is 0.871. The Balaban J connectivity index is 2.85. The molecule has 1 nitrogen and oxygen atoms in total. The first kappa shape index (κ1) is 6.42. The maximum atomic E-state index is 11.5. The molecule has 0 saturated heterocycles. The zero-order valence-electron chi connectivity index (χ0n) is 4.97. The number of rotatable bonds is 1. The van der Waals surface area contributed by atoms with Crippen molar-refractivity contribution >= 4 is 17.4 Å². The van der Waals surface area contributed by atoms with Gasteiger partial charge in [-0.05, 0) is 13.0 Å². The lowest BCUT2D eigenvalue weighted by atomic mass is 10.5. The first-order valence-electron chi connectivity index (χ1n) is 2.52. The molecule has 1 aromatic rings. The van der Waals surface area contributed by atoms with Crippen LogP contribution in [0.5, 0.6) is 0 Å². The summed E-state index contributed by atoms with van der Waals surface area (Å²) in [6, 6.07) is 0. The van der Waals surface area contributed by atoms with Gasteiger partial charge in [-0.1, -0.05) is 0 Å². The molecule has 1 aromatic heterocycles. The van der Waals surface area contributed by atoms with Gasteiger partial charge in [0.25, 0.3) is 0 Å². The van der Waals surface area contributed by atoms with Crippen LogP contribution in [0.2, 0.25) is 0 Å². The summed E-state index contributed by atoms with van der Waals surface area (Å²) in [6.45, 7) is 1.89. The Labute approximate surface area is 56.9 Å². The Kier molecular flexibility index (Phi) is 1.95. The van der Waals surface area contributed by atoms with Crippen LogP contribution in [-0.2, 0) is 0 Å². The van der Waals surface area contributed by atoms with E-state index in [1.54, 1.807) is 0 Å². The van der Waals surface area contributed by atoms with E-state index in [1.165, 1.54) is 17.4 Å². The van der Waals surface area contributed by atoms with Crippen molar-refractivity contribution in [3.05, 3.63) is 22.4 Å². The van der Waals surface area contributed by atoms with Gasteiger partial charge in [-0.2, -0.15) is 0 Å². The van der Waals surface area contributed by atoms with Gasteiger partial charge in [-0.3, -0.25) is 0 Å². The van der Waals surface area contributed by atoms with Gasteiger partial charge in [0.05, 0.1) is 17.0 Å². The van der Waals surface area contributed by atoms with Gasteiger partial charge >= 0.3 is 0 Å². The van der Waals surface area contributed by atoms with E-state index in [-0.39, 0.29) is 0 Å². The summed E-state index contributed by atoms with van der Waals surface area (Å²) in [6.07, 6.45) is 1.83. The molecule has 0 aromatic carbocycles. The lowest BCUT2D eigenvalue weighted by molar-refractivity contribution is 0.727. The molecule has 3 heteroatoms. The van der Waals surface area contributed by atoms with E-state index < -0.39 is 0 Å². The number of halogens is 1. The summed E-state index contributed by atoms with van der Waals surface area (Å²) in [5.41, 5.74) is 0.694. The van der Waals surface area contributed by atoms with E-state index in [2.05, 4.69) is 4.98 Å². The van der Waals surface area contributed by atoms with Gasteiger partial charge < -0.3 is 0 Å². The number of thiazole rings is 1. The van der Waals surface area contributed by atoms with Crippen LogP contribution in [0.4, 0.5) is 4.39 Å². The maximum Gasteiger partial charge on any atom is 0.0901 e. The molecule has 1 heterocycles. The van der Waals surface area contributed by atoms with Crippen molar-refractivity contribution in [1.29, 1.82) is 0 Å². The molecule has 0 aliphatic carbocycles. The first-order chi connectivity index (χ1) is 4.33. The fourth-order valence-electron chi connectivity index (χ4n) is 0.521. The zero-order chi connectivity index (χ0) is 6.69. The van der Waals surface area contributed by atoms with Gasteiger partial charge in [0.2, 0.25) is 0 Å². The van der Waals surface area contributed by atoms with E-state index in [1.807, 2.05) is 12.3 Å². The second kappa shape index (κ2) is 2.73. The Morgan fingerprint density at radius 1 is 1.78 bits per heavy atom. The molecule has 0 spiro atoms. The monoisotopic (exact) mass is 143 g/mol. The molecule has 0 aliphatic rings. The molecule has 0 fully saturated rings. The molecule has 1 rings (SSSR count). The van der Waals surface area contributed by atoms with E-state index in [0.29, 0.717) is 12.0 Å². The second-order valence-electron chi connectivity index (χ2n) is 1.58. The van der Waals surface area contributed by atoms with Crippen LogP contribution < -0.4 is 0 Å². The minimum Gasteiger partial charge on any atom is -0.242 e. The van der Waals surface area contributed by atoms with Crippen molar-refractivity contribution in [1.82, 2.24) is 4.98 Å². The quantitative estimate of drug-likeness (QED) is 0.588. The molecule has 0 radical (unpaired) electrons. The van der Waals surface area contributed by atoms with Crippen molar-refractivity contribution in [2.75, 3.05) is 0 Å². The van der Waals surface area contributed by atoms with E-state index in [4.69, 9.17) is 0 Å². The van der Waals surface area contributed by atoms with E-state index in [9.17, 15) is 4.39 Å². The van der Waals surface area contributed by atoms with Gasteiger partial charge in [0.1, 0.15) is 0 Å². The molecular weight excluding hydrogens is 137 g/mol. The van der Waals surface area contributed by atoms with Crippen LogP contribution in [0.3, 0.4) is 0 Å². The highest BCUT2D eigenvalue weighted by Crippen LogP contribution is 2.08. The van der Waals surface area contributed by atoms with Gasteiger partial charge in [-0.25, -0.2) is 9.37 Å². The van der Waals surface area contributed by atoms with E-state index >= 15 is 0 Å². The van der Waals surface area contributed by atoms with Gasteiger partial charge in [-0.15, -0.1) is 11.3 Å². The van der Waals surface area contributed by atoms with Crippen LogP contribution in [0.25, 0.3) is 6.08 Å². The summed E-state index contributed by atoms with van der Waals surface area (Å²) in [5, 5.41) is 2.77. The smallest absolute Gasteiger partial charge is 0.0901 e. The number of aromatic nitrogens is 1. The van der Waals surface area contributed by atoms with Crippen molar-refractivity contribution in [3.8, 4) is 0 Å². The minimum atomic E-state index is 0.495. The molecule has 0 aliphatic heterocycles. The average Bonchev–Trinajstić information content (AvgIpc) is 2.17. The molecular formula is C6H6FNS. The second-order valence-corrected chi connectivity index (χ2v) is 2.65. The van der Waals surface area contributed by atoms with Crippen LogP contribution in [-0.4, -0.2) is 4.98 Å². The highest BCUT2D eigenvalue weighted by molar-refractivity contribution is 7.09. The molecule has 0 amide bonds. The zero-order valence-corrected chi connectivity index (χ0v) is 5.78. The van der Waals surface area contributed by atoms with Crippen molar-refractivity contribution in [2.24, 2.45) is 0 Å². The summed E-state index contributed by atoms with van der Waals surface area (Å²) >= 11 is 1.52. The molecule has 48 valence electrons. The van der Waals surface area contributed by atoms with Crippen LogP contribution in [0.15, 0.2) is 11.7 Å². The summed E-state index contributed by atoms with van der Waals surface area (Å²) in [4.78, 5) is 3.99. The number of nitrogens with zero attached hydrogens (tertiary/aromatic N) is 1. The summed E-state index contributed by atoms with van der Waals surface area (Å²) in [5.74, 6) is 0. The molecule has 0 saturated carbocycles. The highest BCUT2D eigenvalue weighted by atomic mass is 32.1. The van der Waals surface area contributed by atoms with Crippen LogP contribution in [0, 0.1) is 6.92 Å². The standard InChI is InChI=1S/C6H6FNS/c1-5-8-6(2-3-7)4-9-5/h2-4H,1H3. The molecule has 9 heavy (non-hydrogen) atoms. The normalized spacial score (nSPS) is 10.9.